The van der Waals surface area contributed by atoms with Gasteiger partial charge >= 0.3 is 0 Å². The number of anilines is 1. The summed E-state index contributed by atoms with van der Waals surface area (Å²) in [6.07, 6.45) is 1.68. The number of hydrogen-bond donors (Lipinski definition) is 0. The van der Waals surface area contributed by atoms with Gasteiger partial charge in [0.25, 0.3) is 11.6 Å². The van der Waals surface area contributed by atoms with E-state index in [0.29, 0.717) is 26.1 Å². The number of nitrogens with zero attached hydrogens (tertiary/aromatic N) is 4. The number of aromatic nitrogens is 2. The van der Waals surface area contributed by atoms with Crippen LogP contribution in [0.5, 0.6) is 0 Å². The molecule has 0 saturated heterocycles. The van der Waals surface area contributed by atoms with Crippen LogP contribution in [0.4, 0.5) is 10.8 Å². The van der Waals surface area contributed by atoms with Crippen molar-refractivity contribution in [3.05, 3.63) is 92.1 Å². The third-order valence-corrected chi connectivity index (χ3v) is 7.77. The van der Waals surface area contributed by atoms with E-state index in [0.717, 1.165) is 20.5 Å². The van der Waals surface area contributed by atoms with Gasteiger partial charge in [0.2, 0.25) is 0 Å². The Bertz CT molecular complexity index is 1490. The number of hydrogen-bond acceptors (Lipinski definition) is 7. The van der Waals surface area contributed by atoms with E-state index >= 15 is 0 Å². The van der Waals surface area contributed by atoms with Crippen molar-refractivity contribution in [2.75, 3.05) is 4.90 Å². The van der Waals surface area contributed by atoms with E-state index in [1.54, 1.807) is 23.2 Å². The molecule has 7 nitrogen and oxygen atoms in total. The molecular weight excluding hydrogens is 480 g/mol. The zero-order valence-electron chi connectivity index (χ0n) is 17.2. The molecule has 3 heterocycles. The summed E-state index contributed by atoms with van der Waals surface area (Å²) in [6.45, 7) is 2.18. The molecule has 0 fully saturated rings. The quantitative estimate of drug-likeness (QED) is 0.202. The fourth-order valence-corrected chi connectivity index (χ4v) is 5.78. The van der Waals surface area contributed by atoms with Crippen LogP contribution in [0.2, 0.25) is 5.02 Å². The Morgan fingerprint density at radius 2 is 2.00 bits per heavy atom. The first-order valence-corrected chi connectivity index (χ1v) is 11.9. The highest BCUT2D eigenvalue weighted by Crippen LogP contribution is 2.37. The number of non-ortho nitro benzene ring substituents is 1. The van der Waals surface area contributed by atoms with Crippen molar-refractivity contribution in [1.82, 2.24) is 9.97 Å². The molecule has 2 aromatic carbocycles. The maximum absolute atomic E-state index is 13.7. The molecule has 5 aromatic rings. The largest absolute Gasteiger partial charge is 0.277 e. The lowest BCUT2D eigenvalue weighted by Gasteiger charge is -2.18. The van der Waals surface area contributed by atoms with E-state index in [9.17, 15) is 14.9 Å². The number of benzene rings is 2. The lowest BCUT2D eigenvalue weighted by atomic mass is 10.2. The number of thiazole rings is 1. The van der Waals surface area contributed by atoms with Crippen LogP contribution in [-0.2, 0) is 6.54 Å². The average Bonchev–Trinajstić information content (AvgIpc) is 3.45. The molecule has 0 radical (unpaired) electrons. The number of carbonyl (C=O) groups is 1. The van der Waals surface area contributed by atoms with E-state index in [2.05, 4.69) is 4.98 Å². The zero-order chi connectivity index (χ0) is 23.1. The second-order valence-corrected chi connectivity index (χ2v) is 9.81. The Balaban J connectivity index is 1.60. The average molecular weight is 495 g/mol. The van der Waals surface area contributed by atoms with E-state index in [1.807, 2.05) is 37.3 Å². The van der Waals surface area contributed by atoms with Crippen LogP contribution in [0.15, 0.2) is 60.8 Å². The summed E-state index contributed by atoms with van der Waals surface area (Å²) in [4.78, 5) is 35.5. The number of halogens is 1. The van der Waals surface area contributed by atoms with Crippen molar-refractivity contribution in [3.8, 4) is 0 Å². The van der Waals surface area contributed by atoms with Gasteiger partial charge in [-0.05, 0) is 42.8 Å². The predicted molar refractivity (Wildman–Crippen MR) is 133 cm³/mol. The minimum Gasteiger partial charge on any atom is -0.277 e. The van der Waals surface area contributed by atoms with Crippen molar-refractivity contribution >= 4 is 71.3 Å². The van der Waals surface area contributed by atoms with Gasteiger partial charge in [-0.2, -0.15) is 0 Å². The van der Waals surface area contributed by atoms with Crippen LogP contribution in [-0.4, -0.2) is 20.8 Å². The molecule has 164 valence electrons. The molecular formula is C23H15ClN4O3S2. The molecule has 5 rings (SSSR count). The van der Waals surface area contributed by atoms with E-state index in [-0.39, 0.29) is 18.1 Å². The van der Waals surface area contributed by atoms with Crippen LogP contribution in [0, 0.1) is 17.0 Å². The molecule has 0 unspecified atom stereocenters. The second-order valence-electron chi connectivity index (χ2n) is 7.34. The third kappa shape index (κ3) is 4.06. The van der Waals surface area contributed by atoms with Gasteiger partial charge in [0.15, 0.2) is 5.13 Å². The lowest BCUT2D eigenvalue weighted by Crippen LogP contribution is -2.30. The van der Waals surface area contributed by atoms with Crippen LogP contribution in [0.3, 0.4) is 0 Å². The molecule has 0 saturated carbocycles. The molecule has 0 aliphatic rings. The molecule has 0 spiro atoms. The molecule has 0 N–H and O–H groups in total. The van der Waals surface area contributed by atoms with Crippen LogP contribution in [0.1, 0.15) is 20.9 Å². The number of rotatable bonds is 5. The Hall–Kier alpha value is -3.40. The SMILES string of the molecule is Cc1ccc(Cl)c2sc(N(Cc3ccccn3)C(=O)c3cc4cc([N+](=O)[O-])ccc4s3)nc12. The summed E-state index contributed by atoms with van der Waals surface area (Å²) in [5.74, 6) is -0.252. The highest BCUT2D eigenvalue weighted by atomic mass is 35.5. The topological polar surface area (TPSA) is 89.2 Å². The highest BCUT2D eigenvalue weighted by molar-refractivity contribution is 7.23. The normalized spacial score (nSPS) is 11.2. The van der Waals surface area contributed by atoms with Gasteiger partial charge in [-0.25, -0.2) is 4.98 Å². The minimum atomic E-state index is -0.445. The van der Waals surface area contributed by atoms with Crippen molar-refractivity contribution in [1.29, 1.82) is 0 Å². The maximum atomic E-state index is 13.7. The van der Waals surface area contributed by atoms with E-state index in [4.69, 9.17) is 16.6 Å². The fraction of sp³-hybridized carbons (Fsp3) is 0.0870. The summed E-state index contributed by atoms with van der Waals surface area (Å²) in [6, 6.07) is 15.5. The van der Waals surface area contributed by atoms with Gasteiger partial charge < -0.3 is 0 Å². The first kappa shape index (κ1) is 21.4. The fourth-order valence-electron chi connectivity index (χ4n) is 3.47. The van der Waals surface area contributed by atoms with Crippen LogP contribution in [0.25, 0.3) is 20.3 Å². The van der Waals surface area contributed by atoms with Crippen LogP contribution < -0.4 is 4.90 Å². The van der Waals surface area contributed by atoms with E-state index < -0.39 is 4.92 Å². The number of nitro benzene ring substituents is 1. The molecule has 0 atom stereocenters. The summed E-state index contributed by atoms with van der Waals surface area (Å²) in [7, 11) is 0. The maximum Gasteiger partial charge on any atom is 0.270 e. The number of fused-ring (bicyclic) bond motifs is 2. The standard InChI is InChI=1S/C23H15ClN4O3S2/c1-13-5-7-17(24)21-20(13)26-23(33-21)27(12-15-4-2-3-9-25-15)22(29)19-11-14-10-16(28(30)31)6-8-18(14)32-19/h2-11H,12H2,1H3. The lowest BCUT2D eigenvalue weighted by molar-refractivity contribution is -0.384. The molecule has 1 amide bonds. The monoisotopic (exact) mass is 494 g/mol. The number of pyridine rings is 1. The van der Waals surface area contributed by atoms with Crippen molar-refractivity contribution in [3.63, 3.8) is 0 Å². The summed E-state index contributed by atoms with van der Waals surface area (Å²) >= 11 is 9.04. The molecule has 0 aliphatic carbocycles. The number of carbonyl (C=O) groups excluding carboxylic acids is 1. The summed E-state index contributed by atoms with van der Waals surface area (Å²) < 4.78 is 1.61. The Kier molecular flexibility index (Phi) is 5.53. The third-order valence-electron chi connectivity index (χ3n) is 5.13. The summed E-state index contributed by atoms with van der Waals surface area (Å²) in [5, 5.41) is 12.9. The number of nitro groups is 1. The van der Waals surface area contributed by atoms with Gasteiger partial charge in [0, 0.05) is 28.4 Å². The Morgan fingerprint density at radius 3 is 2.73 bits per heavy atom. The predicted octanol–water partition coefficient (Wildman–Crippen LogP) is 6.62. The molecule has 3 aromatic heterocycles. The van der Waals surface area contributed by atoms with Gasteiger partial charge in [0.05, 0.1) is 37.3 Å². The molecule has 10 heteroatoms. The van der Waals surface area contributed by atoms with Crippen molar-refractivity contribution in [2.45, 2.75) is 13.5 Å². The first-order chi connectivity index (χ1) is 15.9. The molecule has 0 aliphatic heterocycles. The van der Waals surface area contributed by atoms with Crippen LogP contribution >= 0.6 is 34.3 Å². The van der Waals surface area contributed by atoms with Gasteiger partial charge in [-0.3, -0.25) is 24.8 Å². The second kappa shape index (κ2) is 8.51. The molecule has 0 bridgehead atoms. The van der Waals surface area contributed by atoms with Crippen molar-refractivity contribution < 1.29 is 9.72 Å². The van der Waals surface area contributed by atoms with E-state index in [1.165, 1.54) is 34.8 Å². The zero-order valence-corrected chi connectivity index (χ0v) is 19.6. The van der Waals surface area contributed by atoms with Gasteiger partial charge in [0.1, 0.15) is 0 Å². The summed E-state index contributed by atoms with van der Waals surface area (Å²) in [5.41, 5.74) is 2.43. The first-order valence-electron chi connectivity index (χ1n) is 9.86. The van der Waals surface area contributed by atoms with Crippen molar-refractivity contribution in [2.24, 2.45) is 0 Å². The smallest absolute Gasteiger partial charge is 0.270 e. The van der Waals surface area contributed by atoms with Gasteiger partial charge in [-0.1, -0.05) is 35.1 Å². The van der Waals surface area contributed by atoms with Gasteiger partial charge in [-0.15, -0.1) is 11.3 Å². The highest BCUT2D eigenvalue weighted by Gasteiger charge is 2.25. The minimum absolute atomic E-state index is 0.0130. The molecule has 33 heavy (non-hydrogen) atoms. The number of thiophene rings is 1. The number of amides is 1. The number of aryl methyl sites for hydroxylation is 1. The Morgan fingerprint density at radius 1 is 1.15 bits per heavy atom. The Labute approximate surface area is 201 Å².